The molecule has 0 amide bonds. The molecule has 1 nitrogen and oxygen atoms in total. The number of ether oxygens (including phenoxy) is 1. The van der Waals surface area contributed by atoms with Crippen LogP contribution in [-0.2, 0) is 4.74 Å². The van der Waals surface area contributed by atoms with Gasteiger partial charge in [0.1, 0.15) is 0 Å². The minimum Gasteiger partial charge on any atom is -1.00 e. The third kappa shape index (κ3) is 5.36. The third-order valence-electron chi connectivity index (χ3n) is 0.827. The summed E-state index contributed by atoms with van der Waals surface area (Å²) in [4.78, 5) is 0. The zero-order valence-corrected chi connectivity index (χ0v) is 6.24. The second-order valence-electron chi connectivity index (χ2n) is 1.32. The van der Waals surface area contributed by atoms with Crippen LogP contribution in [0.1, 0.15) is 14.3 Å². The van der Waals surface area contributed by atoms with Crippen LogP contribution in [0.4, 0.5) is 0 Å². The van der Waals surface area contributed by atoms with Crippen molar-refractivity contribution in [2.75, 3.05) is 13.2 Å². The molecule has 0 aromatic rings. The molecule has 38 valence electrons. The molecule has 3 heteroatoms. The second kappa shape index (κ2) is 7.49. The Morgan fingerprint density at radius 3 is 1.71 bits per heavy atom. The van der Waals surface area contributed by atoms with E-state index < -0.39 is 0 Å². The summed E-state index contributed by atoms with van der Waals surface area (Å²) in [6, 6.07) is 0. The van der Waals surface area contributed by atoms with Gasteiger partial charge in [-0.2, -0.15) is 0 Å². The van der Waals surface area contributed by atoms with Crippen molar-refractivity contribution in [3.8, 4) is 0 Å². The predicted octanol–water partition coefficient (Wildman–Crippen LogP) is -3.27. The average molecular weight is 126 g/mol. The fourth-order valence-corrected chi connectivity index (χ4v) is 0.510. The van der Waals surface area contributed by atoms with Gasteiger partial charge in [-0.1, -0.05) is 0 Å². The van der Waals surface area contributed by atoms with Crippen molar-refractivity contribution in [1.82, 2.24) is 0 Å². The van der Waals surface area contributed by atoms with Crippen molar-refractivity contribution >= 4 is 17.4 Å². The first-order chi connectivity index (χ1) is 2.50. The summed E-state index contributed by atoms with van der Waals surface area (Å²) < 4.78 is 4.94. The summed E-state index contributed by atoms with van der Waals surface area (Å²) >= 11 is 0. The van der Waals surface area contributed by atoms with Crippen molar-refractivity contribution in [2.24, 2.45) is 0 Å². The molecule has 1 heterocycles. The molecular weight excluding hydrogens is 114 g/mol. The molecular formula is C4H12AlNaO. The van der Waals surface area contributed by atoms with Gasteiger partial charge in [0.2, 0.25) is 0 Å². The smallest absolute Gasteiger partial charge is 1.00 e. The molecule has 1 aliphatic heterocycles. The molecule has 0 radical (unpaired) electrons. The fraction of sp³-hybridized carbons (Fsp3) is 1.00. The van der Waals surface area contributed by atoms with Crippen molar-refractivity contribution < 1.29 is 35.7 Å². The van der Waals surface area contributed by atoms with E-state index in [2.05, 4.69) is 0 Å². The Hall–Kier alpha value is 1.49. The van der Waals surface area contributed by atoms with E-state index in [4.69, 9.17) is 4.74 Å². The maximum atomic E-state index is 4.94. The fourth-order valence-electron chi connectivity index (χ4n) is 0.510. The first kappa shape index (κ1) is 11.3. The molecule has 0 aromatic heterocycles. The number of hydrogen-bond donors (Lipinski definition) is 0. The molecule has 1 aliphatic rings. The first-order valence-electron chi connectivity index (χ1n) is 2.08. The molecule has 0 saturated carbocycles. The monoisotopic (exact) mass is 126 g/mol. The molecule has 0 aliphatic carbocycles. The van der Waals surface area contributed by atoms with Gasteiger partial charge in [0.15, 0.2) is 17.4 Å². The Morgan fingerprint density at radius 1 is 1.14 bits per heavy atom. The quantitative estimate of drug-likeness (QED) is 0.309. The maximum Gasteiger partial charge on any atom is 1.00 e. The molecule has 0 bridgehead atoms. The molecule has 0 unspecified atom stereocenters. The predicted molar refractivity (Wildman–Crippen MR) is 31.1 cm³/mol. The standard InChI is InChI=1S/C4H8O.Al.Na.4H/c1-2-4-5-3-1;;;;;;/h1-4H2;;;;;;/q;;+1;;;;-1. The van der Waals surface area contributed by atoms with E-state index in [0.29, 0.717) is 0 Å². The van der Waals surface area contributed by atoms with Crippen LogP contribution >= 0.6 is 0 Å². The van der Waals surface area contributed by atoms with E-state index in [1.165, 1.54) is 12.8 Å². The van der Waals surface area contributed by atoms with Gasteiger partial charge in [-0.15, -0.1) is 0 Å². The van der Waals surface area contributed by atoms with Gasteiger partial charge in [-0.25, -0.2) is 0 Å². The molecule has 1 rings (SSSR count). The molecule has 1 fully saturated rings. The zero-order chi connectivity index (χ0) is 3.54. The Morgan fingerprint density at radius 2 is 1.57 bits per heavy atom. The van der Waals surface area contributed by atoms with Crippen LogP contribution in [0.3, 0.4) is 0 Å². The minimum atomic E-state index is 0. The molecule has 0 aromatic carbocycles. The molecule has 0 spiro atoms. The summed E-state index contributed by atoms with van der Waals surface area (Å²) in [6.45, 7) is 2.00. The van der Waals surface area contributed by atoms with Crippen LogP contribution in [0.5, 0.6) is 0 Å². The first-order valence-corrected chi connectivity index (χ1v) is 2.08. The average Bonchev–Trinajstić information content (AvgIpc) is 1.76. The third-order valence-corrected chi connectivity index (χ3v) is 0.827. The zero-order valence-electron chi connectivity index (χ0n) is 5.24. The van der Waals surface area contributed by atoms with E-state index in [1.807, 2.05) is 0 Å². The van der Waals surface area contributed by atoms with E-state index in [1.54, 1.807) is 0 Å². The molecule has 0 N–H and O–H groups in total. The Balaban J connectivity index is -0.0000000833. The SMILES string of the molecule is C1CCOC1.[AlH3].[H-].[Na+]. The second-order valence-corrected chi connectivity index (χ2v) is 1.32. The summed E-state index contributed by atoms with van der Waals surface area (Å²) in [7, 11) is 0. The van der Waals surface area contributed by atoms with E-state index in [9.17, 15) is 0 Å². The normalized spacial score (nSPS) is 17.1. The van der Waals surface area contributed by atoms with Crippen LogP contribution in [0.15, 0.2) is 0 Å². The topological polar surface area (TPSA) is 9.23 Å². The van der Waals surface area contributed by atoms with Gasteiger partial charge in [0.05, 0.1) is 0 Å². The molecule has 1 saturated heterocycles. The summed E-state index contributed by atoms with van der Waals surface area (Å²) in [5, 5.41) is 0. The maximum absolute atomic E-state index is 4.94. The van der Waals surface area contributed by atoms with Crippen molar-refractivity contribution in [3.63, 3.8) is 0 Å². The van der Waals surface area contributed by atoms with Crippen LogP contribution < -0.4 is 29.6 Å². The minimum absolute atomic E-state index is 0. The van der Waals surface area contributed by atoms with Crippen LogP contribution in [0.25, 0.3) is 0 Å². The Bertz CT molecular complexity index is 27.6. The largest absolute Gasteiger partial charge is 1.00 e. The molecule has 7 heavy (non-hydrogen) atoms. The van der Waals surface area contributed by atoms with Gasteiger partial charge in [0.25, 0.3) is 0 Å². The van der Waals surface area contributed by atoms with E-state index in [0.717, 1.165) is 13.2 Å². The van der Waals surface area contributed by atoms with Crippen molar-refractivity contribution in [2.45, 2.75) is 12.8 Å². The Kier molecular flexibility index (Phi) is 12.1. The van der Waals surface area contributed by atoms with Gasteiger partial charge >= 0.3 is 29.6 Å². The summed E-state index contributed by atoms with van der Waals surface area (Å²) in [5.74, 6) is 0. The number of rotatable bonds is 0. The number of hydrogen-bond acceptors (Lipinski definition) is 1. The summed E-state index contributed by atoms with van der Waals surface area (Å²) in [6.07, 6.45) is 2.56. The van der Waals surface area contributed by atoms with Crippen LogP contribution in [0.2, 0.25) is 0 Å². The van der Waals surface area contributed by atoms with Gasteiger partial charge < -0.3 is 6.16 Å². The Labute approximate surface area is 78.7 Å². The van der Waals surface area contributed by atoms with Gasteiger partial charge in [0, 0.05) is 13.2 Å². The van der Waals surface area contributed by atoms with Crippen LogP contribution in [-0.4, -0.2) is 30.6 Å². The van der Waals surface area contributed by atoms with Crippen molar-refractivity contribution in [1.29, 1.82) is 0 Å². The van der Waals surface area contributed by atoms with Crippen molar-refractivity contribution in [3.05, 3.63) is 0 Å². The van der Waals surface area contributed by atoms with Gasteiger partial charge in [-0.3, -0.25) is 0 Å². The van der Waals surface area contributed by atoms with E-state index >= 15 is 0 Å². The van der Waals surface area contributed by atoms with E-state index in [-0.39, 0.29) is 48.3 Å². The molecule has 0 atom stereocenters. The van der Waals surface area contributed by atoms with Gasteiger partial charge in [-0.05, 0) is 12.8 Å². The summed E-state index contributed by atoms with van der Waals surface area (Å²) in [5.41, 5.74) is 0. The van der Waals surface area contributed by atoms with Crippen LogP contribution in [0, 0.1) is 0 Å².